The van der Waals surface area contributed by atoms with Crippen LogP contribution in [0.5, 0.6) is 0 Å². The second kappa shape index (κ2) is 12.1. The van der Waals surface area contributed by atoms with E-state index in [2.05, 4.69) is 0 Å². The van der Waals surface area contributed by atoms with Gasteiger partial charge >= 0.3 is 17.9 Å². The van der Waals surface area contributed by atoms with Gasteiger partial charge in [-0.3, -0.25) is 14.4 Å². The molecule has 9 nitrogen and oxygen atoms in total. The molecule has 3 aliphatic heterocycles. The number of hydrogen-bond donors (Lipinski definition) is 0. The number of epoxide rings is 3. The molecule has 4 rings (SSSR count). The summed E-state index contributed by atoms with van der Waals surface area (Å²) in [6.45, 7) is 3.33. The third-order valence-electron chi connectivity index (χ3n) is 6.66. The van der Waals surface area contributed by atoms with Gasteiger partial charge in [-0.25, -0.2) is 0 Å². The van der Waals surface area contributed by atoms with Gasteiger partial charge in [0, 0.05) is 0 Å². The topological polar surface area (TPSA) is 116 Å². The number of rotatable bonds is 15. The van der Waals surface area contributed by atoms with Crippen LogP contribution >= 0.6 is 0 Å². The summed E-state index contributed by atoms with van der Waals surface area (Å²) in [4.78, 5) is 38.1. The van der Waals surface area contributed by atoms with Gasteiger partial charge < -0.3 is 28.4 Å². The van der Waals surface area contributed by atoms with Gasteiger partial charge in [0.05, 0.1) is 75.7 Å². The minimum Gasteiger partial charge on any atom is -0.465 e. The van der Waals surface area contributed by atoms with Gasteiger partial charge in [-0.15, -0.1) is 0 Å². The summed E-state index contributed by atoms with van der Waals surface area (Å²) >= 11 is 0. The summed E-state index contributed by atoms with van der Waals surface area (Å²) in [6, 6.07) is 0. The molecule has 186 valence electrons. The van der Waals surface area contributed by atoms with Crippen molar-refractivity contribution in [2.24, 2.45) is 17.8 Å². The average molecular weight is 469 g/mol. The largest absolute Gasteiger partial charge is 0.465 e. The Balaban J connectivity index is 1.24. The highest BCUT2D eigenvalue weighted by atomic mass is 16.6. The van der Waals surface area contributed by atoms with Crippen LogP contribution in [0.3, 0.4) is 0 Å². The van der Waals surface area contributed by atoms with Crippen molar-refractivity contribution in [2.75, 3.05) is 39.6 Å². The molecule has 4 fully saturated rings. The Morgan fingerprint density at radius 2 is 0.818 bits per heavy atom. The second-order valence-electron chi connectivity index (χ2n) is 9.59. The van der Waals surface area contributed by atoms with Crippen molar-refractivity contribution in [2.45, 2.75) is 76.1 Å². The molecule has 0 aromatic rings. The SMILES string of the molecule is O=C(OCCCC1CO1)C1CC(C(=O)OCCCC2CO2)CC(C(=O)OCCCC2CO2)C1. The lowest BCUT2D eigenvalue weighted by Crippen LogP contribution is -2.37. The van der Waals surface area contributed by atoms with E-state index in [0.717, 1.165) is 58.3 Å². The second-order valence-corrected chi connectivity index (χ2v) is 9.59. The van der Waals surface area contributed by atoms with E-state index in [1.54, 1.807) is 0 Å². The molecule has 0 aromatic heterocycles. The first kappa shape index (κ1) is 24.4. The Labute approximate surface area is 194 Å². The van der Waals surface area contributed by atoms with Gasteiger partial charge in [-0.1, -0.05) is 0 Å². The molecular weight excluding hydrogens is 432 g/mol. The summed E-state index contributed by atoms with van der Waals surface area (Å²) in [5.41, 5.74) is 0. The maximum atomic E-state index is 12.7. The third-order valence-corrected chi connectivity index (χ3v) is 6.66. The molecule has 9 heteroatoms. The molecule has 0 N–H and O–H groups in total. The predicted octanol–water partition coefficient (Wildman–Crippen LogP) is 2.19. The summed E-state index contributed by atoms with van der Waals surface area (Å²) in [5, 5.41) is 0. The zero-order valence-corrected chi connectivity index (χ0v) is 19.2. The molecule has 3 atom stereocenters. The van der Waals surface area contributed by atoms with Crippen LogP contribution in [-0.4, -0.2) is 75.9 Å². The van der Waals surface area contributed by atoms with E-state index < -0.39 is 17.8 Å². The zero-order chi connectivity index (χ0) is 23.0. The monoisotopic (exact) mass is 468 g/mol. The molecular formula is C24H36O9. The van der Waals surface area contributed by atoms with Crippen LogP contribution < -0.4 is 0 Å². The Morgan fingerprint density at radius 1 is 0.545 bits per heavy atom. The molecule has 1 saturated carbocycles. The maximum Gasteiger partial charge on any atom is 0.308 e. The predicted molar refractivity (Wildman–Crippen MR) is 114 cm³/mol. The minimum absolute atomic E-state index is 0.301. The fourth-order valence-corrected chi connectivity index (χ4v) is 4.41. The molecule has 0 bridgehead atoms. The van der Waals surface area contributed by atoms with Crippen LogP contribution in [0.1, 0.15) is 57.8 Å². The van der Waals surface area contributed by atoms with E-state index in [4.69, 9.17) is 28.4 Å². The fourth-order valence-electron chi connectivity index (χ4n) is 4.41. The van der Waals surface area contributed by atoms with Crippen molar-refractivity contribution in [3.8, 4) is 0 Å². The van der Waals surface area contributed by atoms with Crippen LogP contribution in [0.4, 0.5) is 0 Å². The zero-order valence-electron chi connectivity index (χ0n) is 19.2. The van der Waals surface area contributed by atoms with E-state index in [0.29, 0.717) is 57.4 Å². The van der Waals surface area contributed by atoms with E-state index in [9.17, 15) is 14.4 Å². The van der Waals surface area contributed by atoms with E-state index in [-0.39, 0.29) is 17.9 Å². The van der Waals surface area contributed by atoms with Gasteiger partial charge in [0.15, 0.2) is 0 Å². The van der Waals surface area contributed by atoms with Gasteiger partial charge in [0.1, 0.15) is 0 Å². The quantitative estimate of drug-likeness (QED) is 0.154. The van der Waals surface area contributed by atoms with Crippen LogP contribution in [0.15, 0.2) is 0 Å². The molecule has 0 amide bonds. The average Bonchev–Trinajstić information content (AvgIpc) is 3.67. The Bertz CT molecular complexity index is 573. The van der Waals surface area contributed by atoms with Crippen molar-refractivity contribution in [3.63, 3.8) is 0 Å². The molecule has 0 spiro atoms. The smallest absolute Gasteiger partial charge is 0.308 e. The van der Waals surface area contributed by atoms with Crippen molar-refractivity contribution < 1.29 is 42.8 Å². The minimum atomic E-state index is -0.509. The van der Waals surface area contributed by atoms with Crippen LogP contribution in [0, 0.1) is 17.8 Å². The summed E-state index contributed by atoms with van der Waals surface area (Å²) in [7, 11) is 0. The number of carbonyl (C=O) groups excluding carboxylic acids is 3. The first-order valence-electron chi connectivity index (χ1n) is 12.4. The van der Waals surface area contributed by atoms with Gasteiger partial charge in [0.2, 0.25) is 0 Å². The van der Waals surface area contributed by atoms with Gasteiger partial charge in [0.25, 0.3) is 0 Å². The van der Waals surface area contributed by atoms with E-state index in [1.165, 1.54) is 0 Å². The van der Waals surface area contributed by atoms with Crippen LogP contribution in [0.25, 0.3) is 0 Å². The Hall–Kier alpha value is -1.71. The number of carbonyl (C=O) groups is 3. The normalized spacial score (nSPS) is 32.0. The highest BCUT2D eigenvalue weighted by Crippen LogP contribution is 2.36. The molecule has 33 heavy (non-hydrogen) atoms. The highest BCUT2D eigenvalue weighted by Gasteiger charge is 2.41. The number of esters is 3. The molecule has 0 aromatic carbocycles. The molecule has 3 heterocycles. The first-order chi connectivity index (χ1) is 16.1. The summed E-state index contributed by atoms with van der Waals surface area (Å²) in [5.74, 6) is -2.57. The molecule has 3 unspecified atom stereocenters. The number of ether oxygens (including phenoxy) is 6. The van der Waals surface area contributed by atoms with Crippen LogP contribution in [-0.2, 0) is 42.8 Å². The lowest BCUT2D eigenvalue weighted by molar-refractivity contribution is -0.161. The van der Waals surface area contributed by atoms with Gasteiger partial charge in [-0.05, 0) is 57.8 Å². The molecule has 4 aliphatic rings. The molecule has 0 radical (unpaired) electrons. The Kier molecular flexibility index (Phi) is 8.97. The summed E-state index contributed by atoms with van der Waals surface area (Å²) < 4.78 is 31.9. The van der Waals surface area contributed by atoms with Crippen molar-refractivity contribution >= 4 is 17.9 Å². The fraction of sp³-hybridized carbons (Fsp3) is 0.875. The Morgan fingerprint density at radius 3 is 1.06 bits per heavy atom. The summed E-state index contributed by atoms with van der Waals surface area (Å²) in [6.07, 6.45) is 6.80. The van der Waals surface area contributed by atoms with E-state index >= 15 is 0 Å². The third kappa shape index (κ3) is 8.87. The highest BCUT2D eigenvalue weighted by molar-refractivity contribution is 5.80. The molecule has 3 saturated heterocycles. The van der Waals surface area contributed by atoms with Gasteiger partial charge in [-0.2, -0.15) is 0 Å². The van der Waals surface area contributed by atoms with Crippen LogP contribution in [0.2, 0.25) is 0 Å². The lowest BCUT2D eigenvalue weighted by atomic mass is 9.75. The van der Waals surface area contributed by atoms with Crippen molar-refractivity contribution in [3.05, 3.63) is 0 Å². The maximum absolute atomic E-state index is 12.7. The van der Waals surface area contributed by atoms with Crippen molar-refractivity contribution in [1.29, 1.82) is 0 Å². The number of hydrogen-bond acceptors (Lipinski definition) is 9. The first-order valence-corrected chi connectivity index (χ1v) is 12.4. The standard InChI is InChI=1S/C24H36O9/c25-22(28-7-1-4-19-13-31-19)16-10-17(23(26)29-8-2-5-20-14-32-20)12-18(11-16)24(27)30-9-3-6-21-15-33-21/h16-21H,1-15H2. The van der Waals surface area contributed by atoms with Crippen molar-refractivity contribution in [1.82, 2.24) is 0 Å². The molecule has 1 aliphatic carbocycles. The lowest BCUT2D eigenvalue weighted by Gasteiger charge is -2.31. The van der Waals surface area contributed by atoms with E-state index in [1.807, 2.05) is 0 Å².